The molecule has 4 nitrogen and oxygen atoms in total. The lowest BCUT2D eigenvalue weighted by Crippen LogP contribution is -2.37. The van der Waals surface area contributed by atoms with Gasteiger partial charge in [-0.05, 0) is 50.3 Å². The van der Waals surface area contributed by atoms with E-state index in [9.17, 15) is 9.59 Å². The van der Waals surface area contributed by atoms with Crippen molar-refractivity contribution in [2.75, 3.05) is 0 Å². The molecule has 2 N–H and O–H groups in total. The van der Waals surface area contributed by atoms with Crippen LogP contribution in [0.25, 0.3) is 0 Å². The van der Waals surface area contributed by atoms with Crippen LogP contribution in [-0.4, -0.2) is 23.0 Å². The van der Waals surface area contributed by atoms with Crippen molar-refractivity contribution in [3.05, 3.63) is 34.9 Å². The maximum Gasteiger partial charge on any atom is 0.306 e. The summed E-state index contributed by atoms with van der Waals surface area (Å²) in [5, 5.41) is 12.6. The Hall–Kier alpha value is -1.55. The fourth-order valence-electron chi connectivity index (χ4n) is 2.87. The Morgan fingerprint density at radius 2 is 2.10 bits per heavy atom. The van der Waals surface area contributed by atoms with Crippen LogP contribution >= 0.6 is 11.6 Å². The van der Waals surface area contributed by atoms with E-state index in [1.807, 2.05) is 31.2 Å². The minimum absolute atomic E-state index is 0.000144. The van der Waals surface area contributed by atoms with E-state index in [2.05, 4.69) is 5.32 Å². The zero-order valence-electron chi connectivity index (χ0n) is 12.0. The SMILES string of the molecule is CC(Cc1cccc(Cl)c1)NC(=O)C1CCC(C(=O)O)C1. The predicted molar refractivity (Wildman–Crippen MR) is 81.2 cm³/mol. The molecule has 1 saturated carbocycles. The van der Waals surface area contributed by atoms with Crippen molar-refractivity contribution >= 4 is 23.5 Å². The predicted octanol–water partition coefficient (Wildman–Crippen LogP) is 2.89. The summed E-state index contributed by atoms with van der Waals surface area (Å²) in [5.74, 6) is -1.37. The van der Waals surface area contributed by atoms with Gasteiger partial charge < -0.3 is 10.4 Å². The summed E-state index contributed by atoms with van der Waals surface area (Å²) in [5.41, 5.74) is 1.07. The van der Waals surface area contributed by atoms with Crippen molar-refractivity contribution in [3.63, 3.8) is 0 Å². The van der Waals surface area contributed by atoms with Gasteiger partial charge in [0.25, 0.3) is 0 Å². The third-order valence-electron chi connectivity index (χ3n) is 3.97. The van der Waals surface area contributed by atoms with Gasteiger partial charge in [-0.25, -0.2) is 0 Å². The Morgan fingerprint density at radius 3 is 2.71 bits per heavy atom. The minimum atomic E-state index is -0.794. The fourth-order valence-corrected chi connectivity index (χ4v) is 3.09. The fraction of sp³-hybridized carbons (Fsp3) is 0.500. The van der Waals surface area contributed by atoms with Crippen LogP contribution in [0.4, 0.5) is 0 Å². The maximum absolute atomic E-state index is 12.2. The molecule has 0 spiro atoms. The molecule has 5 heteroatoms. The molecule has 1 aromatic rings. The summed E-state index contributed by atoms with van der Waals surface area (Å²) in [6.07, 6.45) is 2.41. The zero-order chi connectivity index (χ0) is 15.4. The van der Waals surface area contributed by atoms with Crippen LogP contribution in [0.1, 0.15) is 31.7 Å². The Morgan fingerprint density at radius 1 is 1.38 bits per heavy atom. The number of rotatable bonds is 5. The molecular weight excluding hydrogens is 290 g/mol. The molecule has 0 bridgehead atoms. The summed E-state index contributed by atoms with van der Waals surface area (Å²) in [6.45, 7) is 1.95. The van der Waals surface area contributed by atoms with Crippen molar-refractivity contribution in [2.24, 2.45) is 11.8 Å². The second kappa shape index (κ2) is 6.94. The first-order valence-electron chi connectivity index (χ1n) is 7.23. The normalized spacial score (nSPS) is 22.8. The number of carboxylic acids is 1. The van der Waals surface area contributed by atoms with Gasteiger partial charge in [-0.15, -0.1) is 0 Å². The highest BCUT2D eigenvalue weighted by molar-refractivity contribution is 6.30. The Balaban J connectivity index is 1.84. The first-order chi connectivity index (χ1) is 9.95. The number of aliphatic carboxylic acids is 1. The molecule has 0 aromatic heterocycles. The molecule has 0 aliphatic heterocycles. The summed E-state index contributed by atoms with van der Waals surface area (Å²) in [7, 11) is 0. The van der Waals surface area contributed by atoms with E-state index in [0.717, 1.165) is 5.56 Å². The summed E-state index contributed by atoms with van der Waals surface area (Å²) >= 11 is 5.94. The van der Waals surface area contributed by atoms with E-state index in [4.69, 9.17) is 16.7 Å². The molecule has 114 valence electrons. The molecule has 1 amide bonds. The second-order valence-electron chi connectivity index (χ2n) is 5.79. The molecule has 1 aromatic carbocycles. The number of carboxylic acid groups (broad SMARTS) is 1. The van der Waals surface area contributed by atoms with Gasteiger partial charge in [-0.3, -0.25) is 9.59 Å². The third-order valence-corrected chi connectivity index (χ3v) is 4.21. The quantitative estimate of drug-likeness (QED) is 0.879. The molecule has 1 aliphatic rings. The van der Waals surface area contributed by atoms with Gasteiger partial charge in [-0.2, -0.15) is 0 Å². The minimum Gasteiger partial charge on any atom is -0.481 e. The molecule has 1 fully saturated rings. The number of carbonyl (C=O) groups is 2. The number of amides is 1. The van der Waals surface area contributed by atoms with Crippen molar-refractivity contribution in [3.8, 4) is 0 Å². The molecular formula is C16H20ClNO3. The standard InChI is InChI=1S/C16H20ClNO3/c1-10(7-11-3-2-4-14(17)8-11)18-15(19)12-5-6-13(9-12)16(20)21/h2-4,8,10,12-13H,5-7,9H2,1H3,(H,18,19)(H,20,21). The molecule has 2 rings (SSSR count). The molecule has 3 atom stereocenters. The Kier molecular flexibility index (Phi) is 5.23. The molecule has 0 radical (unpaired) electrons. The third kappa shape index (κ3) is 4.46. The van der Waals surface area contributed by atoms with Crippen LogP contribution in [0, 0.1) is 11.8 Å². The van der Waals surface area contributed by atoms with Gasteiger partial charge in [0, 0.05) is 17.0 Å². The number of carbonyl (C=O) groups excluding carboxylic acids is 1. The van der Waals surface area contributed by atoms with Crippen LogP contribution < -0.4 is 5.32 Å². The molecule has 1 aliphatic carbocycles. The zero-order valence-corrected chi connectivity index (χ0v) is 12.8. The van der Waals surface area contributed by atoms with E-state index < -0.39 is 5.97 Å². The van der Waals surface area contributed by atoms with Crippen molar-refractivity contribution in [2.45, 2.75) is 38.6 Å². The van der Waals surface area contributed by atoms with Crippen LogP contribution in [0.3, 0.4) is 0 Å². The lowest BCUT2D eigenvalue weighted by molar-refractivity contribution is -0.141. The van der Waals surface area contributed by atoms with E-state index in [0.29, 0.717) is 30.7 Å². The van der Waals surface area contributed by atoms with E-state index in [1.54, 1.807) is 0 Å². The summed E-state index contributed by atoms with van der Waals surface area (Å²) in [4.78, 5) is 23.1. The van der Waals surface area contributed by atoms with Crippen LogP contribution in [-0.2, 0) is 16.0 Å². The highest BCUT2D eigenvalue weighted by Crippen LogP contribution is 2.31. The smallest absolute Gasteiger partial charge is 0.306 e. The first kappa shape index (κ1) is 15.8. The monoisotopic (exact) mass is 309 g/mol. The van der Waals surface area contributed by atoms with Gasteiger partial charge in [-0.1, -0.05) is 23.7 Å². The second-order valence-corrected chi connectivity index (χ2v) is 6.23. The molecule has 0 saturated heterocycles. The largest absolute Gasteiger partial charge is 0.481 e. The van der Waals surface area contributed by atoms with Gasteiger partial charge in [0.15, 0.2) is 0 Å². The highest BCUT2D eigenvalue weighted by atomic mass is 35.5. The van der Waals surface area contributed by atoms with E-state index in [1.165, 1.54) is 0 Å². The maximum atomic E-state index is 12.2. The van der Waals surface area contributed by atoms with Crippen LogP contribution in [0.5, 0.6) is 0 Å². The van der Waals surface area contributed by atoms with Crippen LogP contribution in [0.2, 0.25) is 5.02 Å². The van der Waals surface area contributed by atoms with Gasteiger partial charge >= 0.3 is 5.97 Å². The van der Waals surface area contributed by atoms with Crippen LogP contribution in [0.15, 0.2) is 24.3 Å². The average molecular weight is 310 g/mol. The Labute approximate surface area is 129 Å². The lowest BCUT2D eigenvalue weighted by atomic mass is 10.0. The number of hydrogen-bond acceptors (Lipinski definition) is 2. The summed E-state index contributed by atoms with van der Waals surface area (Å²) in [6, 6.07) is 7.57. The average Bonchev–Trinajstić information content (AvgIpc) is 2.88. The van der Waals surface area contributed by atoms with Gasteiger partial charge in [0.2, 0.25) is 5.91 Å². The van der Waals surface area contributed by atoms with Gasteiger partial charge in [0.1, 0.15) is 0 Å². The number of halogens is 1. The summed E-state index contributed by atoms with van der Waals surface area (Å²) < 4.78 is 0. The lowest BCUT2D eigenvalue weighted by Gasteiger charge is -2.17. The topological polar surface area (TPSA) is 66.4 Å². The van der Waals surface area contributed by atoms with Crippen molar-refractivity contribution in [1.29, 1.82) is 0 Å². The number of hydrogen-bond donors (Lipinski definition) is 2. The number of nitrogens with one attached hydrogen (secondary N) is 1. The highest BCUT2D eigenvalue weighted by Gasteiger charge is 2.34. The number of benzene rings is 1. The van der Waals surface area contributed by atoms with Crippen molar-refractivity contribution < 1.29 is 14.7 Å². The Bertz CT molecular complexity index is 532. The first-order valence-corrected chi connectivity index (χ1v) is 7.61. The molecule has 3 unspecified atom stereocenters. The van der Waals surface area contributed by atoms with Crippen molar-refractivity contribution in [1.82, 2.24) is 5.32 Å². The van der Waals surface area contributed by atoms with E-state index in [-0.39, 0.29) is 23.8 Å². The molecule has 0 heterocycles. The molecule has 21 heavy (non-hydrogen) atoms. The van der Waals surface area contributed by atoms with E-state index >= 15 is 0 Å². The van der Waals surface area contributed by atoms with Gasteiger partial charge in [0.05, 0.1) is 5.92 Å².